The third-order valence-electron chi connectivity index (χ3n) is 1.39. The molecule has 0 aromatic carbocycles. The highest BCUT2D eigenvalue weighted by atomic mass is 32.1. The Morgan fingerprint density at radius 3 is 2.92 bits per heavy atom. The fraction of sp³-hybridized carbons (Fsp3) is 0.250. The summed E-state index contributed by atoms with van der Waals surface area (Å²) in [4.78, 5) is 15.1. The molecule has 1 rings (SSSR count). The minimum Gasteiger partial charge on any atom is -0.375 e. The number of carbonyl (C=O) groups excluding carboxylic acids is 1. The summed E-state index contributed by atoms with van der Waals surface area (Å²) < 4.78 is 0. The first-order valence-electron chi connectivity index (χ1n) is 3.48. The largest absolute Gasteiger partial charge is 0.375 e. The number of anilines is 1. The number of nitrogen functional groups attached to an aromatic ring is 1. The topological polar surface area (TPSA) is 56.0 Å². The van der Waals surface area contributed by atoms with E-state index in [9.17, 15) is 4.79 Å². The van der Waals surface area contributed by atoms with Crippen LogP contribution in [0.25, 0.3) is 0 Å². The number of rotatable bonds is 3. The zero-order valence-corrected chi connectivity index (χ0v) is 7.65. The molecule has 4 heteroatoms. The molecule has 0 atom stereocenters. The van der Waals surface area contributed by atoms with Gasteiger partial charge in [0.25, 0.3) is 0 Å². The van der Waals surface area contributed by atoms with Crippen molar-refractivity contribution in [1.82, 2.24) is 4.98 Å². The second-order valence-corrected chi connectivity index (χ2v) is 3.45. The molecule has 0 unspecified atom stereocenters. The molecule has 1 aromatic rings. The van der Waals surface area contributed by atoms with Crippen LogP contribution in [0.4, 0.5) is 5.13 Å². The van der Waals surface area contributed by atoms with E-state index in [2.05, 4.69) is 11.6 Å². The van der Waals surface area contributed by atoms with Crippen molar-refractivity contribution >= 4 is 22.3 Å². The van der Waals surface area contributed by atoms with Crippen molar-refractivity contribution < 1.29 is 4.79 Å². The summed E-state index contributed by atoms with van der Waals surface area (Å²) in [5.41, 5.74) is 6.69. The molecule has 0 amide bonds. The molecule has 2 N–H and O–H groups in total. The van der Waals surface area contributed by atoms with Crippen LogP contribution in [-0.4, -0.2) is 10.8 Å². The second-order valence-electron chi connectivity index (χ2n) is 2.56. The van der Waals surface area contributed by atoms with Crippen LogP contribution in [0.1, 0.15) is 12.6 Å². The Bertz CT molecular complexity index is 317. The van der Waals surface area contributed by atoms with Gasteiger partial charge in [-0.2, -0.15) is 0 Å². The van der Waals surface area contributed by atoms with Crippen LogP contribution < -0.4 is 5.73 Å². The van der Waals surface area contributed by atoms with Crippen molar-refractivity contribution in [2.24, 2.45) is 0 Å². The van der Waals surface area contributed by atoms with Gasteiger partial charge in [-0.15, -0.1) is 11.3 Å². The number of thiazole rings is 1. The zero-order chi connectivity index (χ0) is 9.14. The number of Topliss-reactive ketones (excluding diaryl/α,β-unsaturated/α-hetero) is 1. The molecular formula is C8H10N2OS. The van der Waals surface area contributed by atoms with Crippen LogP contribution in [0.2, 0.25) is 0 Å². The van der Waals surface area contributed by atoms with Gasteiger partial charge in [0.2, 0.25) is 0 Å². The molecule has 3 nitrogen and oxygen atoms in total. The monoisotopic (exact) mass is 182 g/mol. The van der Waals surface area contributed by atoms with Crippen LogP contribution in [-0.2, 0) is 11.2 Å². The van der Waals surface area contributed by atoms with Gasteiger partial charge in [0, 0.05) is 5.38 Å². The highest BCUT2D eigenvalue weighted by Gasteiger charge is 2.06. The van der Waals surface area contributed by atoms with Gasteiger partial charge in [-0.25, -0.2) is 4.98 Å². The quantitative estimate of drug-likeness (QED) is 0.719. The molecular weight excluding hydrogens is 172 g/mol. The van der Waals surface area contributed by atoms with Gasteiger partial charge in [0.1, 0.15) is 0 Å². The maximum absolute atomic E-state index is 11.1. The van der Waals surface area contributed by atoms with Crippen LogP contribution in [0.15, 0.2) is 17.5 Å². The average Bonchev–Trinajstić information content (AvgIpc) is 2.35. The van der Waals surface area contributed by atoms with E-state index in [1.807, 2.05) is 0 Å². The lowest BCUT2D eigenvalue weighted by Crippen LogP contribution is -2.03. The number of aromatic nitrogens is 1. The fourth-order valence-corrected chi connectivity index (χ4v) is 1.28. The maximum Gasteiger partial charge on any atom is 0.180 e. The van der Waals surface area contributed by atoms with Gasteiger partial charge in [0.15, 0.2) is 10.9 Å². The summed E-state index contributed by atoms with van der Waals surface area (Å²) in [6.07, 6.45) is 0.309. The van der Waals surface area contributed by atoms with Crippen LogP contribution in [0.5, 0.6) is 0 Å². The van der Waals surface area contributed by atoms with Gasteiger partial charge in [-0.05, 0) is 12.5 Å². The van der Waals surface area contributed by atoms with E-state index in [-0.39, 0.29) is 5.78 Å². The Kier molecular flexibility index (Phi) is 2.60. The molecule has 0 saturated carbocycles. The van der Waals surface area contributed by atoms with E-state index in [4.69, 9.17) is 5.73 Å². The van der Waals surface area contributed by atoms with Crippen LogP contribution in [0, 0.1) is 0 Å². The van der Waals surface area contributed by atoms with Gasteiger partial charge in [-0.3, -0.25) is 4.79 Å². The van der Waals surface area contributed by atoms with E-state index in [1.54, 1.807) is 12.3 Å². The van der Waals surface area contributed by atoms with Crippen molar-refractivity contribution in [2.75, 3.05) is 5.73 Å². The van der Waals surface area contributed by atoms with E-state index >= 15 is 0 Å². The second kappa shape index (κ2) is 3.49. The molecule has 0 aliphatic rings. The molecule has 0 aliphatic heterocycles. The molecule has 0 saturated heterocycles. The number of ketones is 1. The molecule has 1 heterocycles. The van der Waals surface area contributed by atoms with E-state index in [0.717, 1.165) is 5.69 Å². The smallest absolute Gasteiger partial charge is 0.180 e. The lowest BCUT2D eigenvalue weighted by Gasteiger charge is -1.94. The summed E-state index contributed by atoms with van der Waals surface area (Å²) >= 11 is 1.34. The van der Waals surface area contributed by atoms with Crippen molar-refractivity contribution in [1.29, 1.82) is 0 Å². The van der Waals surface area contributed by atoms with Gasteiger partial charge in [-0.1, -0.05) is 6.58 Å². The molecule has 0 aliphatic carbocycles. The molecule has 0 bridgehead atoms. The first-order valence-corrected chi connectivity index (χ1v) is 4.36. The molecule has 12 heavy (non-hydrogen) atoms. The number of allylic oxidation sites excluding steroid dienone is 1. The zero-order valence-electron chi connectivity index (χ0n) is 6.83. The molecule has 64 valence electrons. The Hall–Kier alpha value is -1.16. The number of carbonyl (C=O) groups is 1. The summed E-state index contributed by atoms with van der Waals surface area (Å²) in [7, 11) is 0. The standard InChI is InChI=1S/C8H10N2OS/c1-5(2)7(11)3-6-4-12-8(9)10-6/h4H,1,3H2,2H3,(H2,9,10). The Labute approximate surface area is 74.9 Å². The Balaban J connectivity index is 2.64. The summed E-state index contributed by atoms with van der Waals surface area (Å²) in [6, 6.07) is 0. The van der Waals surface area contributed by atoms with E-state index in [1.165, 1.54) is 11.3 Å². The van der Waals surface area contributed by atoms with E-state index < -0.39 is 0 Å². The summed E-state index contributed by atoms with van der Waals surface area (Å²) in [6.45, 7) is 5.25. The molecule has 0 spiro atoms. The summed E-state index contributed by atoms with van der Waals surface area (Å²) in [5.74, 6) is 0.0142. The van der Waals surface area contributed by atoms with Crippen molar-refractivity contribution in [2.45, 2.75) is 13.3 Å². The number of hydrogen-bond acceptors (Lipinski definition) is 4. The maximum atomic E-state index is 11.1. The SMILES string of the molecule is C=C(C)C(=O)Cc1csc(N)n1. The van der Waals surface area contributed by atoms with Crippen molar-refractivity contribution in [3.8, 4) is 0 Å². The minimum atomic E-state index is 0.0142. The minimum absolute atomic E-state index is 0.0142. The van der Waals surface area contributed by atoms with Crippen LogP contribution in [0.3, 0.4) is 0 Å². The highest BCUT2D eigenvalue weighted by Crippen LogP contribution is 2.12. The average molecular weight is 182 g/mol. The third kappa shape index (κ3) is 2.17. The first kappa shape index (κ1) is 8.93. The number of nitrogens with two attached hydrogens (primary N) is 1. The summed E-state index contributed by atoms with van der Waals surface area (Å²) in [5, 5.41) is 2.29. The Morgan fingerprint density at radius 1 is 1.83 bits per heavy atom. The first-order chi connectivity index (χ1) is 5.59. The van der Waals surface area contributed by atoms with Crippen LogP contribution >= 0.6 is 11.3 Å². The lowest BCUT2D eigenvalue weighted by molar-refractivity contribution is -0.114. The third-order valence-corrected chi connectivity index (χ3v) is 2.11. The Morgan fingerprint density at radius 2 is 2.50 bits per heavy atom. The molecule has 0 radical (unpaired) electrons. The fourth-order valence-electron chi connectivity index (χ4n) is 0.719. The van der Waals surface area contributed by atoms with Gasteiger partial charge < -0.3 is 5.73 Å². The predicted molar refractivity (Wildman–Crippen MR) is 50.1 cm³/mol. The van der Waals surface area contributed by atoms with Gasteiger partial charge >= 0.3 is 0 Å². The highest BCUT2D eigenvalue weighted by molar-refractivity contribution is 7.13. The molecule has 1 aromatic heterocycles. The number of hydrogen-bond donors (Lipinski definition) is 1. The van der Waals surface area contributed by atoms with E-state index in [0.29, 0.717) is 17.1 Å². The van der Waals surface area contributed by atoms with Crippen molar-refractivity contribution in [3.63, 3.8) is 0 Å². The normalized spacial score (nSPS) is 9.75. The lowest BCUT2D eigenvalue weighted by atomic mass is 10.1. The predicted octanol–water partition coefficient (Wildman–Crippen LogP) is 1.41. The van der Waals surface area contributed by atoms with Crippen molar-refractivity contribution in [3.05, 3.63) is 23.2 Å². The molecule has 0 fully saturated rings. The number of nitrogens with zero attached hydrogens (tertiary/aromatic N) is 1. The van der Waals surface area contributed by atoms with Gasteiger partial charge in [0.05, 0.1) is 12.1 Å².